The van der Waals surface area contributed by atoms with Gasteiger partial charge in [-0.2, -0.15) is 0 Å². The van der Waals surface area contributed by atoms with Crippen molar-refractivity contribution in [3.05, 3.63) is 52.3 Å². The van der Waals surface area contributed by atoms with Gasteiger partial charge in [0.25, 0.3) is 0 Å². The lowest BCUT2D eigenvalue weighted by Gasteiger charge is -2.06. The van der Waals surface area contributed by atoms with E-state index in [2.05, 4.69) is 9.97 Å². The third kappa shape index (κ3) is 3.00. The van der Waals surface area contributed by atoms with Crippen LogP contribution in [-0.2, 0) is 5.75 Å². The molecular formula is C13H12ClFN2S. The SMILES string of the molecule is Cc1nc(CSc2ccccc2F)nc(Cl)c1C. The average Bonchev–Trinajstić information content (AvgIpc) is 2.35. The van der Waals surface area contributed by atoms with Gasteiger partial charge in [0, 0.05) is 16.2 Å². The zero-order valence-electron chi connectivity index (χ0n) is 10.1. The van der Waals surface area contributed by atoms with Gasteiger partial charge in [-0.15, -0.1) is 11.8 Å². The van der Waals surface area contributed by atoms with Gasteiger partial charge in [0.1, 0.15) is 16.8 Å². The number of aromatic nitrogens is 2. The van der Waals surface area contributed by atoms with Gasteiger partial charge in [-0.1, -0.05) is 23.7 Å². The summed E-state index contributed by atoms with van der Waals surface area (Å²) in [5, 5.41) is 0.464. The van der Waals surface area contributed by atoms with Crippen LogP contribution in [0.15, 0.2) is 29.2 Å². The minimum Gasteiger partial charge on any atom is -0.237 e. The number of nitrogens with zero attached hydrogens (tertiary/aromatic N) is 2. The molecule has 0 fully saturated rings. The van der Waals surface area contributed by atoms with Gasteiger partial charge < -0.3 is 0 Å². The standard InChI is InChI=1S/C13H12ClFN2S/c1-8-9(2)16-12(17-13(8)14)7-18-11-6-4-3-5-10(11)15/h3-6H,7H2,1-2H3. The Morgan fingerprint density at radius 1 is 1.22 bits per heavy atom. The third-order valence-corrected chi connectivity index (χ3v) is 3.98. The molecule has 0 radical (unpaired) electrons. The predicted octanol–water partition coefficient (Wildman–Crippen LogP) is 4.18. The van der Waals surface area contributed by atoms with Crippen LogP contribution >= 0.6 is 23.4 Å². The van der Waals surface area contributed by atoms with E-state index in [0.717, 1.165) is 11.3 Å². The molecule has 0 spiro atoms. The Balaban J connectivity index is 2.14. The van der Waals surface area contributed by atoms with Gasteiger partial charge in [0.05, 0.1) is 5.75 Å². The van der Waals surface area contributed by atoms with Crippen LogP contribution < -0.4 is 0 Å². The van der Waals surface area contributed by atoms with E-state index in [1.807, 2.05) is 13.8 Å². The van der Waals surface area contributed by atoms with Crippen LogP contribution in [0.25, 0.3) is 0 Å². The van der Waals surface area contributed by atoms with Gasteiger partial charge in [-0.25, -0.2) is 14.4 Å². The molecule has 2 rings (SSSR count). The first kappa shape index (κ1) is 13.3. The van der Waals surface area contributed by atoms with Crippen molar-refractivity contribution >= 4 is 23.4 Å². The maximum Gasteiger partial charge on any atom is 0.140 e. The molecule has 1 heterocycles. The molecule has 2 aromatic rings. The van der Waals surface area contributed by atoms with Crippen molar-refractivity contribution in [2.75, 3.05) is 0 Å². The van der Waals surface area contributed by atoms with Gasteiger partial charge in [-0.3, -0.25) is 0 Å². The van der Waals surface area contributed by atoms with E-state index in [4.69, 9.17) is 11.6 Å². The Morgan fingerprint density at radius 2 is 1.94 bits per heavy atom. The van der Waals surface area contributed by atoms with Crippen LogP contribution in [0.4, 0.5) is 4.39 Å². The summed E-state index contributed by atoms with van der Waals surface area (Å²) < 4.78 is 13.4. The van der Waals surface area contributed by atoms with Crippen LogP contribution in [0.5, 0.6) is 0 Å². The van der Waals surface area contributed by atoms with Gasteiger partial charge in [0.15, 0.2) is 0 Å². The number of rotatable bonds is 3. The molecule has 0 atom stereocenters. The average molecular weight is 283 g/mol. The summed E-state index contributed by atoms with van der Waals surface area (Å²) in [6.07, 6.45) is 0. The zero-order valence-corrected chi connectivity index (χ0v) is 11.6. The summed E-state index contributed by atoms with van der Waals surface area (Å²) in [5.74, 6) is 0.899. The quantitative estimate of drug-likeness (QED) is 0.624. The smallest absolute Gasteiger partial charge is 0.140 e. The lowest BCUT2D eigenvalue weighted by atomic mass is 10.3. The maximum atomic E-state index is 13.4. The molecule has 18 heavy (non-hydrogen) atoms. The molecular weight excluding hydrogens is 271 g/mol. The maximum absolute atomic E-state index is 13.4. The van der Waals surface area contributed by atoms with Crippen LogP contribution in [0.1, 0.15) is 17.1 Å². The largest absolute Gasteiger partial charge is 0.237 e. The molecule has 0 aliphatic rings. The van der Waals surface area contributed by atoms with Crippen LogP contribution in [0, 0.1) is 19.7 Å². The molecule has 94 valence electrons. The minimum absolute atomic E-state index is 0.225. The highest BCUT2D eigenvalue weighted by Crippen LogP contribution is 2.25. The fraction of sp³-hybridized carbons (Fsp3) is 0.231. The second-order valence-corrected chi connectivity index (χ2v) is 5.24. The summed E-state index contributed by atoms with van der Waals surface area (Å²) in [5.41, 5.74) is 1.75. The summed E-state index contributed by atoms with van der Waals surface area (Å²) in [6, 6.07) is 6.65. The summed E-state index contributed by atoms with van der Waals surface area (Å²) in [4.78, 5) is 9.12. The van der Waals surface area contributed by atoms with Crippen LogP contribution in [-0.4, -0.2) is 9.97 Å². The van der Waals surface area contributed by atoms with Crippen molar-refractivity contribution in [1.29, 1.82) is 0 Å². The number of aryl methyl sites for hydroxylation is 1. The Labute approximate surface area is 115 Å². The lowest BCUT2D eigenvalue weighted by molar-refractivity contribution is 0.602. The fourth-order valence-corrected chi connectivity index (χ4v) is 2.45. The molecule has 2 nitrogen and oxygen atoms in total. The molecule has 0 saturated carbocycles. The van der Waals surface area contributed by atoms with E-state index in [-0.39, 0.29) is 5.82 Å². The predicted molar refractivity (Wildman–Crippen MR) is 72.5 cm³/mol. The highest BCUT2D eigenvalue weighted by molar-refractivity contribution is 7.98. The first-order chi connectivity index (χ1) is 8.58. The molecule has 1 aromatic heterocycles. The first-order valence-electron chi connectivity index (χ1n) is 5.45. The van der Waals surface area contributed by atoms with E-state index in [1.165, 1.54) is 17.8 Å². The Bertz CT molecular complexity index is 552. The van der Waals surface area contributed by atoms with Crippen molar-refractivity contribution in [3.63, 3.8) is 0 Å². The number of hydrogen-bond acceptors (Lipinski definition) is 3. The number of thioether (sulfide) groups is 1. The van der Waals surface area contributed by atoms with E-state index in [9.17, 15) is 4.39 Å². The van der Waals surface area contributed by atoms with Crippen molar-refractivity contribution in [2.24, 2.45) is 0 Å². The molecule has 0 aliphatic heterocycles. The third-order valence-electron chi connectivity index (χ3n) is 2.57. The zero-order chi connectivity index (χ0) is 13.1. The monoisotopic (exact) mass is 282 g/mol. The van der Waals surface area contributed by atoms with Gasteiger partial charge in [-0.05, 0) is 26.0 Å². The fourth-order valence-electron chi connectivity index (χ4n) is 1.42. The van der Waals surface area contributed by atoms with Crippen molar-refractivity contribution in [3.8, 4) is 0 Å². The highest BCUT2D eigenvalue weighted by Gasteiger charge is 2.08. The molecule has 0 bridgehead atoms. The Kier molecular flexibility index (Phi) is 4.19. The summed E-state index contributed by atoms with van der Waals surface area (Å²) in [6.45, 7) is 3.77. The molecule has 0 unspecified atom stereocenters. The molecule has 5 heteroatoms. The Hall–Kier alpha value is -1.13. The lowest BCUT2D eigenvalue weighted by Crippen LogP contribution is -1.99. The van der Waals surface area contributed by atoms with E-state index < -0.39 is 0 Å². The van der Waals surface area contributed by atoms with E-state index in [0.29, 0.717) is 21.6 Å². The van der Waals surface area contributed by atoms with Gasteiger partial charge in [0.2, 0.25) is 0 Å². The molecule has 0 amide bonds. The Morgan fingerprint density at radius 3 is 2.61 bits per heavy atom. The molecule has 0 N–H and O–H groups in total. The second kappa shape index (κ2) is 5.67. The normalized spacial score (nSPS) is 10.7. The topological polar surface area (TPSA) is 25.8 Å². The van der Waals surface area contributed by atoms with Crippen molar-refractivity contribution < 1.29 is 4.39 Å². The van der Waals surface area contributed by atoms with Crippen molar-refractivity contribution in [1.82, 2.24) is 9.97 Å². The van der Waals surface area contributed by atoms with E-state index in [1.54, 1.807) is 18.2 Å². The number of halogens is 2. The van der Waals surface area contributed by atoms with Gasteiger partial charge >= 0.3 is 0 Å². The second-order valence-electron chi connectivity index (χ2n) is 3.86. The summed E-state index contributed by atoms with van der Waals surface area (Å²) in [7, 11) is 0. The first-order valence-corrected chi connectivity index (χ1v) is 6.81. The van der Waals surface area contributed by atoms with Crippen LogP contribution in [0.2, 0.25) is 5.15 Å². The minimum atomic E-state index is -0.225. The number of benzene rings is 1. The molecule has 1 aromatic carbocycles. The molecule has 0 aliphatic carbocycles. The van der Waals surface area contributed by atoms with Crippen LogP contribution in [0.3, 0.4) is 0 Å². The highest BCUT2D eigenvalue weighted by atomic mass is 35.5. The van der Waals surface area contributed by atoms with Crippen molar-refractivity contribution in [2.45, 2.75) is 24.5 Å². The van der Waals surface area contributed by atoms with E-state index >= 15 is 0 Å². The number of hydrogen-bond donors (Lipinski definition) is 0. The summed E-state index contributed by atoms with van der Waals surface area (Å²) >= 11 is 7.36. The molecule has 0 saturated heterocycles.